The molecular formula is C33H29N3O11. The molecule has 47 heavy (non-hydrogen) atoms. The van der Waals surface area contributed by atoms with Crippen LogP contribution < -0.4 is 20.1 Å². The molecule has 0 bridgehead atoms. The van der Waals surface area contributed by atoms with Gasteiger partial charge in [-0.25, -0.2) is 9.59 Å². The molecule has 0 heterocycles. The number of hydrogen-bond acceptors (Lipinski definition) is 9. The van der Waals surface area contributed by atoms with E-state index in [-0.39, 0.29) is 35.7 Å². The molecule has 4 aromatic rings. The SMILES string of the molecule is CC(C)(COc1ccc(NC(=O)c2ccc(O)cc2C(=O)O)cc1)COc1ccc(NC(=O)c2ccc([N+](=O)[O-])cc2C(=O)O)cc1. The number of nitrogens with zero attached hydrogens (tertiary/aromatic N) is 1. The number of nitrogens with one attached hydrogen (secondary N) is 2. The number of carboxylic acid groups (broad SMARTS) is 2. The van der Waals surface area contributed by atoms with E-state index in [1.807, 2.05) is 13.8 Å². The second kappa shape index (κ2) is 14.1. The second-order valence-electron chi connectivity index (χ2n) is 11.0. The Bertz CT molecular complexity index is 1840. The smallest absolute Gasteiger partial charge is 0.336 e. The van der Waals surface area contributed by atoms with Crippen LogP contribution in [0, 0.1) is 15.5 Å². The molecule has 5 N–H and O–H groups in total. The van der Waals surface area contributed by atoms with Crippen LogP contribution in [0.4, 0.5) is 17.1 Å². The van der Waals surface area contributed by atoms with Crippen LogP contribution in [0.15, 0.2) is 84.9 Å². The van der Waals surface area contributed by atoms with Crippen molar-refractivity contribution >= 4 is 40.8 Å². The summed E-state index contributed by atoms with van der Waals surface area (Å²) in [5, 5.41) is 44.4. The normalized spacial score (nSPS) is 10.9. The van der Waals surface area contributed by atoms with E-state index in [0.29, 0.717) is 22.9 Å². The number of ether oxygens (including phenoxy) is 2. The number of anilines is 2. The summed E-state index contributed by atoms with van der Waals surface area (Å²) >= 11 is 0. The van der Waals surface area contributed by atoms with Gasteiger partial charge in [-0.15, -0.1) is 0 Å². The zero-order valence-electron chi connectivity index (χ0n) is 25.1. The minimum absolute atomic E-state index is 0.103. The van der Waals surface area contributed by atoms with Crippen molar-refractivity contribution in [1.82, 2.24) is 0 Å². The van der Waals surface area contributed by atoms with Gasteiger partial charge < -0.3 is 35.4 Å². The molecule has 0 saturated heterocycles. The van der Waals surface area contributed by atoms with Crippen LogP contribution in [-0.4, -0.2) is 57.2 Å². The molecule has 0 fully saturated rings. The van der Waals surface area contributed by atoms with Crippen LogP contribution in [-0.2, 0) is 0 Å². The van der Waals surface area contributed by atoms with Crippen molar-refractivity contribution in [2.24, 2.45) is 5.41 Å². The minimum atomic E-state index is -1.47. The Balaban J connectivity index is 1.28. The summed E-state index contributed by atoms with van der Waals surface area (Å²) in [6.07, 6.45) is 0. The first-order valence-corrected chi connectivity index (χ1v) is 13.9. The Morgan fingerprint density at radius 2 is 1.11 bits per heavy atom. The molecule has 2 amide bonds. The Labute approximate surface area is 267 Å². The summed E-state index contributed by atoms with van der Waals surface area (Å²) in [4.78, 5) is 58.5. The van der Waals surface area contributed by atoms with Gasteiger partial charge in [0.1, 0.15) is 17.2 Å². The van der Waals surface area contributed by atoms with Gasteiger partial charge in [-0.1, -0.05) is 13.8 Å². The van der Waals surface area contributed by atoms with Gasteiger partial charge in [0, 0.05) is 28.9 Å². The Kier molecular flexibility index (Phi) is 10.0. The number of non-ortho nitro benzene ring substituents is 1. The zero-order chi connectivity index (χ0) is 34.3. The number of aromatic carboxylic acids is 2. The van der Waals surface area contributed by atoms with Crippen molar-refractivity contribution < 1.29 is 48.9 Å². The maximum Gasteiger partial charge on any atom is 0.336 e. The van der Waals surface area contributed by atoms with E-state index in [1.54, 1.807) is 48.5 Å². The molecule has 0 aromatic heterocycles. The van der Waals surface area contributed by atoms with Crippen LogP contribution >= 0.6 is 0 Å². The van der Waals surface area contributed by atoms with E-state index in [1.165, 1.54) is 12.1 Å². The van der Waals surface area contributed by atoms with Gasteiger partial charge in [-0.2, -0.15) is 0 Å². The average molecular weight is 644 g/mol. The maximum absolute atomic E-state index is 12.7. The summed E-state index contributed by atoms with van der Waals surface area (Å²) in [6.45, 7) is 4.38. The summed E-state index contributed by atoms with van der Waals surface area (Å²) in [6, 6.07) is 19.3. The van der Waals surface area contributed by atoms with Crippen LogP contribution in [0.25, 0.3) is 0 Å². The Morgan fingerprint density at radius 3 is 1.53 bits per heavy atom. The third kappa shape index (κ3) is 8.82. The fourth-order valence-electron chi connectivity index (χ4n) is 4.19. The fourth-order valence-corrected chi connectivity index (χ4v) is 4.19. The number of rotatable bonds is 13. The lowest BCUT2D eigenvalue weighted by Gasteiger charge is -2.25. The fraction of sp³-hybridized carbons (Fsp3) is 0.152. The molecule has 4 aromatic carbocycles. The van der Waals surface area contributed by atoms with Crippen molar-refractivity contribution in [2.45, 2.75) is 13.8 Å². The number of carbonyl (C=O) groups excluding carboxylic acids is 2. The van der Waals surface area contributed by atoms with Crippen molar-refractivity contribution in [3.05, 3.63) is 117 Å². The van der Waals surface area contributed by atoms with E-state index in [9.17, 15) is 44.6 Å². The highest BCUT2D eigenvalue weighted by Crippen LogP contribution is 2.25. The Morgan fingerprint density at radius 1 is 0.681 bits per heavy atom. The van der Waals surface area contributed by atoms with Crippen molar-refractivity contribution in [3.8, 4) is 17.2 Å². The van der Waals surface area contributed by atoms with Crippen molar-refractivity contribution in [2.75, 3.05) is 23.8 Å². The quantitative estimate of drug-likeness (QED) is 0.0881. The predicted molar refractivity (Wildman–Crippen MR) is 169 cm³/mol. The number of phenolic OH excluding ortho intramolecular Hbond substituents is 1. The highest BCUT2D eigenvalue weighted by molar-refractivity contribution is 6.11. The predicted octanol–water partition coefficient (Wildman–Crippen LogP) is 5.69. The number of phenols is 1. The summed E-state index contributed by atoms with van der Waals surface area (Å²) in [5.74, 6) is -3.47. The second-order valence-corrected chi connectivity index (χ2v) is 11.0. The number of carbonyl (C=O) groups is 4. The number of benzene rings is 4. The number of nitro groups is 1. The van der Waals surface area contributed by atoms with Crippen molar-refractivity contribution in [1.29, 1.82) is 0 Å². The first kappa shape index (κ1) is 33.5. The molecular weight excluding hydrogens is 614 g/mol. The van der Waals surface area contributed by atoms with Crippen LogP contribution in [0.3, 0.4) is 0 Å². The largest absolute Gasteiger partial charge is 0.508 e. The standard InChI is InChI=1S/C33H29N3O11/c1-33(2,18-47-24-11-5-20(6-12-24)35-30(39)26-14-8-22(37)16-28(26)32(42)43)17-46-23-9-3-19(4-10-23)34-29(38)25-13-7-21(36(44)45)15-27(25)31(40)41/h3-16,37H,17-18H2,1-2H3,(H,34,38)(H,35,39)(H,40,41)(H,42,43). The van der Waals surface area contributed by atoms with E-state index >= 15 is 0 Å². The molecule has 0 aliphatic carbocycles. The van der Waals surface area contributed by atoms with E-state index in [0.717, 1.165) is 24.3 Å². The molecule has 0 spiro atoms. The Hall–Kier alpha value is -6.44. The van der Waals surface area contributed by atoms with Gasteiger partial charge in [0.2, 0.25) is 0 Å². The van der Waals surface area contributed by atoms with Gasteiger partial charge in [-0.3, -0.25) is 19.7 Å². The van der Waals surface area contributed by atoms with E-state index < -0.39 is 45.3 Å². The number of nitro benzene ring substituents is 1. The van der Waals surface area contributed by atoms with Crippen LogP contribution in [0.2, 0.25) is 0 Å². The highest BCUT2D eigenvalue weighted by Gasteiger charge is 2.23. The molecule has 14 heteroatoms. The van der Waals surface area contributed by atoms with Gasteiger partial charge in [0.25, 0.3) is 17.5 Å². The van der Waals surface area contributed by atoms with Crippen LogP contribution in [0.5, 0.6) is 17.2 Å². The number of amides is 2. The van der Waals surface area contributed by atoms with Gasteiger partial charge in [-0.05, 0) is 72.8 Å². The molecule has 0 radical (unpaired) electrons. The summed E-state index contributed by atoms with van der Waals surface area (Å²) in [5.41, 5.74) is -1.29. The lowest BCUT2D eigenvalue weighted by atomic mass is 9.96. The number of hydrogen-bond donors (Lipinski definition) is 5. The molecule has 0 unspecified atom stereocenters. The number of aromatic hydroxyl groups is 1. The summed E-state index contributed by atoms with van der Waals surface area (Å²) in [7, 11) is 0. The molecule has 0 atom stereocenters. The average Bonchev–Trinajstić information content (AvgIpc) is 3.03. The van der Waals surface area contributed by atoms with Gasteiger partial charge in [0.15, 0.2) is 0 Å². The molecule has 4 rings (SSSR count). The van der Waals surface area contributed by atoms with Gasteiger partial charge in [0.05, 0.1) is 40.4 Å². The first-order chi connectivity index (χ1) is 22.2. The molecule has 0 aliphatic heterocycles. The monoisotopic (exact) mass is 643 g/mol. The highest BCUT2D eigenvalue weighted by atomic mass is 16.6. The lowest BCUT2D eigenvalue weighted by molar-refractivity contribution is -0.384. The molecule has 0 saturated carbocycles. The summed E-state index contributed by atoms with van der Waals surface area (Å²) < 4.78 is 11.8. The van der Waals surface area contributed by atoms with Crippen molar-refractivity contribution in [3.63, 3.8) is 0 Å². The van der Waals surface area contributed by atoms with Crippen LogP contribution in [0.1, 0.15) is 55.3 Å². The van der Waals surface area contributed by atoms with E-state index in [2.05, 4.69) is 10.6 Å². The first-order valence-electron chi connectivity index (χ1n) is 13.9. The third-order valence-corrected chi connectivity index (χ3v) is 6.65. The molecule has 14 nitrogen and oxygen atoms in total. The topological polar surface area (TPSA) is 215 Å². The van der Waals surface area contributed by atoms with E-state index in [4.69, 9.17) is 9.47 Å². The maximum atomic E-state index is 12.7. The zero-order valence-corrected chi connectivity index (χ0v) is 25.1. The third-order valence-electron chi connectivity index (χ3n) is 6.65. The molecule has 242 valence electrons. The molecule has 0 aliphatic rings. The number of carboxylic acids is 2. The van der Waals surface area contributed by atoms with Gasteiger partial charge >= 0.3 is 11.9 Å². The lowest BCUT2D eigenvalue weighted by Crippen LogP contribution is -2.28. The minimum Gasteiger partial charge on any atom is -0.508 e.